The molecule has 2 aromatic carbocycles. The highest BCUT2D eigenvalue weighted by atomic mass is 35.5. The van der Waals surface area contributed by atoms with Gasteiger partial charge in [-0.15, -0.1) is 0 Å². The van der Waals surface area contributed by atoms with Gasteiger partial charge in [0, 0.05) is 5.39 Å². The molecule has 5 heteroatoms. The van der Waals surface area contributed by atoms with Gasteiger partial charge >= 0.3 is 0 Å². The van der Waals surface area contributed by atoms with E-state index in [1.54, 1.807) is 0 Å². The number of nitrogens with zero attached hydrogens (tertiary/aromatic N) is 2. The molecule has 3 N–H and O–H groups in total. The van der Waals surface area contributed by atoms with Crippen LogP contribution in [0.3, 0.4) is 0 Å². The molecule has 3 rings (SSSR count). The predicted molar refractivity (Wildman–Crippen MR) is 83.4 cm³/mol. The van der Waals surface area contributed by atoms with Crippen molar-refractivity contribution in [2.24, 2.45) is 0 Å². The lowest BCUT2D eigenvalue weighted by molar-refractivity contribution is 1.23. The molecular weight excluding hydrogens is 272 g/mol. The molecule has 0 saturated heterocycles. The Morgan fingerprint density at radius 2 is 1.90 bits per heavy atom. The number of para-hydroxylation sites is 1. The molecule has 0 unspecified atom stereocenters. The first-order valence-corrected chi connectivity index (χ1v) is 6.57. The third-order valence-electron chi connectivity index (χ3n) is 3.00. The standard InChI is InChI=1S/C15H13ClN4/c1-9-6-7-11(16)13(8-9)18-14-10-4-2-3-5-12(10)19-15(17)20-14/h2-8H,1H3,(H3,17,18,19,20). The van der Waals surface area contributed by atoms with Crippen LogP contribution in [-0.2, 0) is 0 Å². The highest BCUT2D eigenvalue weighted by Gasteiger charge is 2.08. The van der Waals surface area contributed by atoms with Gasteiger partial charge in [0.05, 0.1) is 16.2 Å². The second kappa shape index (κ2) is 4.98. The normalized spacial score (nSPS) is 10.7. The van der Waals surface area contributed by atoms with Gasteiger partial charge in [0.15, 0.2) is 0 Å². The van der Waals surface area contributed by atoms with Crippen LogP contribution >= 0.6 is 11.6 Å². The average Bonchev–Trinajstić information content (AvgIpc) is 2.43. The van der Waals surface area contributed by atoms with E-state index in [1.807, 2.05) is 49.4 Å². The number of nitrogens with one attached hydrogen (secondary N) is 1. The zero-order valence-electron chi connectivity index (χ0n) is 10.9. The van der Waals surface area contributed by atoms with E-state index in [4.69, 9.17) is 17.3 Å². The summed E-state index contributed by atoms with van der Waals surface area (Å²) in [4.78, 5) is 8.48. The highest BCUT2D eigenvalue weighted by Crippen LogP contribution is 2.29. The van der Waals surface area contributed by atoms with E-state index < -0.39 is 0 Å². The minimum atomic E-state index is 0.231. The molecule has 0 saturated carbocycles. The van der Waals surface area contributed by atoms with Gasteiger partial charge in [0.2, 0.25) is 5.95 Å². The molecule has 0 aliphatic carbocycles. The van der Waals surface area contributed by atoms with Gasteiger partial charge in [0.25, 0.3) is 0 Å². The fourth-order valence-corrected chi connectivity index (χ4v) is 2.22. The number of rotatable bonds is 2. The Balaban J connectivity index is 2.13. The molecule has 0 atom stereocenters. The second-order valence-corrected chi connectivity index (χ2v) is 4.96. The molecule has 0 aliphatic heterocycles. The Bertz CT molecular complexity index is 786. The highest BCUT2D eigenvalue weighted by molar-refractivity contribution is 6.33. The maximum atomic E-state index is 6.20. The van der Waals surface area contributed by atoms with Crippen LogP contribution in [0.5, 0.6) is 0 Å². The molecule has 0 amide bonds. The predicted octanol–water partition coefficient (Wildman–Crippen LogP) is 3.92. The van der Waals surface area contributed by atoms with Crippen LogP contribution in [0.2, 0.25) is 5.02 Å². The van der Waals surface area contributed by atoms with Crippen LogP contribution in [-0.4, -0.2) is 9.97 Å². The molecule has 3 aromatic rings. The van der Waals surface area contributed by atoms with Gasteiger partial charge in [-0.1, -0.05) is 29.8 Å². The van der Waals surface area contributed by atoms with Crippen molar-refractivity contribution >= 4 is 40.0 Å². The summed E-state index contributed by atoms with van der Waals surface area (Å²) < 4.78 is 0. The summed E-state index contributed by atoms with van der Waals surface area (Å²) in [6.07, 6.45) is 0. The van der Waals surface area contributed by atoms with Gasteiger partial charge in [-0.3, -0.25) is 0 Å². The van der Waals surface area contributed by atoms with Crippen LogP contribution < -0.4 is 11.1 Å². The van der Waals surface area contributed by atoms with Gasteiger partial charge in [-0.25, -0.2) is 4.98 Å². The third kappa shape index (κ3) is 2.38. The van der Waals surface area contributed by atoms with Gasteiger partial charge in [-0.2, -0.15) is 4.98 Å². The third-order valence-corrected chi connectivity index (χ3v) is 3.33. The van der Waals surface area contributed by atoms with Crippen molar-refractivity contribution in [3.05, 3.63) is 53.1 Å². The molecule has 1 aromatic heterocycles. The number of hydrogen-bond donors (Lipinski definition) is 2. The lowest BCUT2D eigenvalue weighted by atomic mass is 10.2. The number of aromatic nitrogens is 2. The smallest absolute Gasteiger partial charge is 0.222 e. The lowest BCUT2D eigenvalue weighted by Crippen LogP contribution is -2.01. The van der Waals surface area contributed by atoms with Crippen LogP contribution in [0, 0.1) is 6.92 Å². The van der Waals surface area contributed by atoms with Crippen LogP contribution in [0.25, 0.3) is 10.9 Å². The first-order valence-electron chi connectivity index (χ1n) is 6.19. The summed E-state index contributed by atoms with van der Waals surface area (Å²) in [7, 11) is 0. The lowest BCUT2D eigenvalue weighted by Gasteiger charge is -2.11. The maximum Gasteiger partial charge on any atom is 0.222 e. The first kappa shape index (κ1) is 12.7. The SMILES string of the molecule is Cc1ccc(Cl)c(Nc2nc(N)nc3ccccc23)c1. The molecule has 0 radical (unpaired) electrons. The number of nitrogen functional groups attached to an aromatic ring is 1. The van der Waals surface area contributed by atoms with Crippen LogP contribution in [0.15, 0.2) is 42.5 Å². The quantitative estimate of drug-likeness (QED) is 0.749. The summed E-state index contributed by atoms with van der Waals surface area (Å²) in [5.41, 5.74) is 8.46. The second-order valence-electron chi connectivity index (χ2n) is 4.56. The molecule has 100 valence electrons. The fraction of sp³-hybridized carbons (Fsp3) is 0.0667. The number of nitrogens with two attached hydrogens (primary N) is 1. The number of halogens is 1. The van der Waals surface area contributed by atoms with E-state index in [0.717, 1.165) is 22.2 Å². The molecule has 1 heterocycles. The average molecular weight is 285 g/mol. The number of anilines is 3. The van der Waals surface area contributed by atoms with Crippen LogP contribution in [0.4, 0.5) is 17.5 Å². The zero-order chi connectivity index (χ0) is 14.1. The van der Waals surface area contributed by atoms with E-state index in [-0.39, 0.29) is 5.95 Å². The van der Waals surface area contributed by atoms with Crippen molar-refractivity contribution in [2.45, 2.75) is 6.92 Å². The Hall–Kier alpha value is -2.33. The van der Waals surface area contributed by atoms with E-state index >= 15 is 0 Å². The number of hydrogen-bond acceptors (Lipinski definition) is 4. The molecule has 0 spiro atoms. The van der Waals surface area contributed by atoms with Crippen LogP contribution in [0.1, 0.15) is 5.56 Å². The summed E-state index contributed by atoms with van der Waals surface area (Å²) in [6, 6.07) is 13.5. The van der Waals surface area contributed by atoms with Crippen molar-refractivity contribution in [3.8, 4) is 0 Å². The molecule has 4 nitrogen and oxygen atoms in total. The maximum absolute atomic E-state index is 6.20. The van der Waals surface area contributed by atoms with Gasteiger partial charge in [-0.05, 0) is 36.8 Å². The minimum absolute atomic E-state index is 0.231. The van der Waals surface area contributed by atoms with Crippen molar-refractivity contribution in [2.75, 3.05) is 11.1 Å². The van der Waals surface area contributed by atoms with Crippen molar-refractivity contribution in [3.63, 3.8) is 0 Å². The minimum Gasteiger partial charge on any atom is -0.368 e. The Morgan fingerprint density at radius 1 is 1.10 bits per heavy atom. The first-order chi connectivity index (χ1) is 9.63. The molecule has 0 bridgehead atoms. The summed E-state index contributed by atoms with van der Waals surface area (Å²) >= 11 is 6.20. The van der Waals surface area contributed by atoms with Crippen molar-refractivity contribution < 1.29 is 0 Å². The molecular formula is C15H13ClN4. The Labute approximate surface area is 121 Å². The largest absolute Gasteiger partial charge is 0.368 e. The fourth-order valence-electron chi connectivity index (χ4n) is 2.05. The Morgan fingerprint density at radius 3 is 2.75 bits per heavy atom. The monoisotopic (exact) mass is 284 g/mol. The number of benzene rings is 2. The molecule has 0 aliphatic rings. The molecule has 20 heavy (non-hydrogen) atoms. The topological polar surface area (TPSA) is 63.8 Å². The Kier molecular flexibility index (Phi) is 3.16. The van der Waals surface area contributed by atoms with E-state index in [9.17, 15) is 0 Å². The van der Waals surface area contributed by atoms with Gasteiger partial charge < -0.3 is 11.1 Å². The summed E-state index contributed by atoms with van der Waals surface area (Å²) in [5.74, 6) is 0.885. The van der Waals surface area contributed by atoms with Gasteiger partial charge in [0.1, 0.15) is 5.82 Å². The summed E-state index contributed by atoms with van der Waals surface area (Å²) in [5, 5.41) is 4.77. The molecule has 0 fully saturated rings. The number of aryl methyl sites for hydroxylation is 1. The number of fused-ring (bicyclic) bond motifs is 1. The van der Waals surface area contributed by atoms with E-state index in [2.05, 4.69) is 15.3 Å². The zero-order valence-corrected chi connectivity index (χ0v) is 11.6. The van der Waals surface area contributed by atoms with E-state index in [1.165, 1.54) is 0 Å². The van der Waals surface area contributed by atoms with E-state index in [0.29, 0.717) is 10.8 Å². The van der Waals surface area contributed by atoms with Crippen molar-refractivity contribution in [1.29, 1.82) is 0 Å². The van der Waals surface area contributed by atoms with Crippen molar-refractivity contribution in [1.82, 2.24) is 9.97 Å². The summed E-state index contributed by atoms with van der Waals surface area (Å²) in [6.45, 7) is 2.01.